The largest absolute Gasteiger partial charge is 0.451 e. The summed E-state index contributed by atoms with van der Waals surface area (Å²) in [5.41, 5.74) is 7.91. The zero-order valence-corrected chi connectivity index (χ0v) is 50.1. The van der Waals surface area contributed by atoms with Crippen LogP contribution in [0.3, 0.4) is 0 Å². The van der Waals surface area contributed by atoms with Crippen LogP contribution in [-0.2, 0) is 63.7 Å². The lowest BCUT2D eigenvalue weighted by Crippen LogP contribution is -2.61. The summed E-state index contributed by atoms with van der Waals surface area (Å²) in [6, 6.07) is 12.2. The van der Waals surface area contributed by atoms with Gasteiger partial charge in [0, 0.05) is 29.8 Å². The Kier molecular flexibility index (Phi) is 18.7. The predicted molar refractivity (Wildman–Crippen MR) is 318 cm³/mol. The molecule has 1 saturated carbocycles. The minimum atomic E-state index is -1.52. The highest BCUT2D eigenvalue weighted by Gasteiger charge is 2.46. The van der Waals surface area contributed by atoms with Crippen molar-refractivity contribution in [3.8, 4) is 0 Å². The smallest absolute Gasteiger partial charge is 0.321 e. The molecular formula is C64H80N10O12. The van der Waals surface area contributed by atoms with Crippen LogP contribution < -0.4 is 32.1 Å². The van der Waals surface area contributed by atoms with Crippen LogP contribution in [0, 0.1) is 22.7 Å². The first kappa shape index (κ1) is 61.4. The van der Waals surface area contributed by atoms with E-state index in [0.717, 1.165) is 24.6 Å². The van der Waals surface area contributed by atoms with Crippen molar-refractivity contribution in [2.75, 3.05) is 33.1 Å². The van der Waals surface area contributed by atoms with E-state index >= 15 is 9.59 Å². The number of pyridine rings is 2. The van der Waals surface area contributed by atoms with E-state index < -0.39 is 107 Å². The molecule has 2 aromatic carbocycles. The number of ether oxygens (including phenoxy) is 4. The first-order chi connectivity index (χ1) is 41.2. The van der Waals surface area contributed by atoms with E-state index in [2.05, 4.69) is 32.1 Å². The van der Waals surface area contributed by atoms with Crippen molar-refractivity contribution >= 4 is 81.3 Å². The Hall–Kier alpha value is -7.66. The number of benzene rings is 2. The number of fused-ring (bicyclic) bond motifs is 8. The summed E-state index contributed by atoms with van der Waals surface area (Å²) in [7, 11) is 0. The molecule has 4 fully saturated rings. The first-order valence-electron chi connectivity index (χ1n) is 30.4. The molecular weight excluding hydrogens is 1100 g/mol. The molecule has 5 aliphatic heterocycles. The Bertz CT molecular complexity index is 3340. The molecule has 7 heterocycles. The third-order valence-electron chi connectivity index (χ3n) is 17.6. The van der Waals surface area contributed by atoms with Crippen molar-refractivity contribution in [2.24, 2.45) is 22.7 Å². The van der Waals surface area contributed by atoms with Crippen molar-refractivity contribution in [3.05, 3.63) is 94.8 Å². The minimum Gasteiger partial charge on any atom is -0.451 e. The summed E-state index contributed by atoms with van der Waals surface area (Å²) in [6.45, 7) is 12.3. The third-order valence-corrected chi connectivity index (χ3v) is 17.6. The van der Waals surface area contributed by atoms with Gasteiger partial charge in [0.05, 0.1) is 53.1 Å². The highest BCUT2D eigenvalue weighted by Crippen LogP contribution is 2.41. The number of nitrogens with one attached hydrogen (secondary N) is 6. The molecule has 10 rings (SSSR count). The number of esters is 2. The van der Waals surface area contributed by atoms with Gasteiger partial charge in [-0.2, -0.15) is 0 Å². The van der Waals surface area contributed by atoms with E-state index in [-0.39, 0.29) is 44.8 Å². The van der Waals surface area contributed by atoms with Gasteiger partial charge in [0.2, 0.25) is 11.8 Å². The van der Waals surface area contributed by atoms with Crippen molar-refractivity contribution in [1.29, 1.82) is 0 Å². The number of rotatable bonds is 4. The topological polar surface area (TPSA) is 278 Å². The first-order valence-corrected chi connectivity index (χ1v) is 30.4. The molecule has 2 spiro atoms. The van der Waals surface area contributed by atoms with Gasteiger partial charge in [-0.25, -0.2) is 10.9 Å². The molecule has 6 aliphatic rings. The van der Waals surface area contributed by atoms with Gasteiger partial charge >= 0.3 is 11.9 Å². The van der Waals surface area contributed by atoms with E-state index in [1.54, 1.807) is 39.8 Å². The molecule has 1 aliphatic carbocycles. The summed E-state index contributed by atoms with van der Waals surface area (Å²) >= 11 is 0. The van der Waals surface area contributed by atoms with Gasteiger partial charge in [-0.1, -0.05) is 94.7 Å². The molecule has 458 valence electrons. The zero-order valence-electron chi connectivity index (χ0n) is 50.1. The van der Waals surface area contributed by atoms with Crippen LogP contribution in [-0.4, -0.2) is 137 Å². The fourth-order valence-corrected chi connectivity index (χ4v) is 12.4. The predicted octanol–water partition coefficient (Wildman–Crippen LogP) is 5.49. The molecule has 1 unspecified atom stereocenters. The van der Waals surface area contributed by atoms with Crippen LogP contribution in [0.2, 0.25) is 0 Å². The maximum atomic E-state index is 15.1. The third kappa shape index (κ3) is 13.5. The number of hydrazine groups is 2. The van der Waals surface area contributed by atoms with E-state index in [0.29, 0.717) is 89.6 Å². The highest BCUT2D eigenvalue weighted by molar-refractivity contribution is 5.94. The lowest BCUT2D eigenvalue weighted by atomic mass is 9.73. The normalized spacial score (nSPS) is 28.1. The van der Waals surface area contributed by atoms with Gasteiger partial charge in [-0.15, -0.1) is 0 Å². The number of carbonyl (C=O) groups excluding carboxylic acids is 8. The van der Waals surface area contributed by atoms with Gasteiger partial charge < -0.3 is 40.2 Å². The number of amides is 6. The Balaban J connectivity index is 1.03. The van der Waals surface area contributed by atoms with E-state index in [9.17, 15) is 28.8 Å². The lowest BCUT2D eigenvalue weighted by Gasteiger charge is -2.36. The number of nitrogens with zero attached hydrogens (tertiary/aromatic N) is 4. The summed E-state index contributed by atoms with van der Waals surface area (Å²) in [5, 5.41) is 16.0. The SMILES string of the molecule is CC(Cc1cc2cc3nc(ccc13)[C@@H](C)NC(=O)[C@@H]1CCCN(N1)C(=O)[C@H](C)NC(=O)[C@@H](C(C)C)OC(=O)C1(C=C2)CCCCC1)[C@@H]1OC(=O)C2(/C=C/c3ccc4ccc(nc4c3)[C@@H](C)NC(=O)[C@@H]3CCCN(N3)C(=O)[C@H](C)NC1=O)COCOC2. The summed E-state index contributed by atoms with van der Waals surface area (Å²) in [5.74, 6) is -5.56. The molecule has 3 saturated heterocycles. The monoisotopic (exact) mass is 1180 g/mol. The molecule has 86 heavy (non-hydrogen) atoms. The van der Waals surface area contributed by atoms with Crippen LogP contribution in [0.5, 0.6) is 0 Å². The number of cyclic esters (lactones) is 2. The molecule has 22 nitrogen and oxygen atoms in total. The van der Waals surface area contributed by atoms with Crippen molar-refractivity contribution in [3.63, 3.8) is 0 Å². The number of hydrogen-bond donors (Lipinski definition) is 6. The van der Waals surface area contributed by atoms with Crippen LogP contribution in [0.15, 0.2) is 66.7 Å². The Morgan fingerprint density at radius 3 is 1.69 bits per heavy atom. The zero-order chi connectivity index (χ0) is 61.0. The number of hydrogen-bond acceptors (Lipinski definition) is 16. The second kappa shape index (κ2) is 26.1. The molecule has 0 radical (unpaired) electrons. The number of aromatic nitrogens is 2. The van der Waals surface area contributed by atoms with Crippen LogP contribution >= 0.6 is 0 Å². The molecule has 2 aromatic heterocycles. The average Bonchev–Trinajstić information content (AvgIpc) is 1.90. The van der Waals surface area contributed by atoms with Crippen LogP contribution in [0.1, 0.15) is 146 Å². The second-order valence-electron chi connectivity index (χ2n) is 24.7. The molecule has 6 N–H and O–H groups in total. The van der Waals surface area contributed by atoms with Crippen molar-refractivity contribution in [1.82, 2.24) is 52.1 Å². The Labute approximate surface area is 500 Å². The molecule has 9 atom stereocenters. The van der Waals surface area contributed by atoms with E-state index in [1.165, 1.54) is 16.9 Å². The van der Waals surface area contributed by atoms with E-state index in [1.807, 2.05) is 80.6 Å². The summed E-state index contributed by atoms with van der Waals surface area (Å²) in [4.78, 5) is 125. The Morgan fingerprint density at radius 2 is 1.07 bits per heavy atom. The fourth-order valence-electron chi connectivity index (χ4n) is 12.4. The van der Waals surface area contributed by atoms with Gasteiger partial charge in [0.25, 0.3) is 23.6 Å². The molecule has 6 amide bonds. The van der Waals surface area contributed by atoms with Crippen LogP contribution in [0.25, 0.3) is 34.0 Å². The lowest BCUT2D eigenvalue weighted by molar-refractivity contribution is -0.192. The van der Waals surface area contributed by atoms with Crippen molar-refractivity contribution in [2.45, 2.75) is 161 Å². The summed E-state index contributed by atoms with van der Waals surface area (Å²) < 4.78 is 24.3. The standard InChI is InChI=1S/C64H80N10O12/c1-36(2)53-57(77)67-40(6)59(79)73-27-11-14-50(71-73)56(76)66-39(5)48-20-18-46-45(30-43(32-52(46)70-48)22-25-63(61(81)85-53)23-9-8-10-24-63)29-37(3)54-58(78)68-41(7)60(80)74-28-12-13-49(72-74)55(75)65-38(4)47-19-17-44-16-15-42(31-51(44)69-47)21-26-64(62(82)86-54)33-83-35-84-34-64/h15-22,25-26,30-32,36-41,49-50,53-54,71-72H,8-14,23-24,27-29,33-35H2,1-7H3,(H,65,75)(H,66,76)(H,67,77)(H,68,78)/b25-22?,26-21+/t37?,38-,39-,40+,41+,49+,50+,53-,54+/m1/s1. The second-order valence-corrected chi connectivity index (χ2v) is 24.7. The van der Waals surface area contributed by atoms with Gasteiger partial charge in [0.1, 0.15) is 36.4 Å². The quantitative estimate of drug-likeness (QED) is 0.138. The average molecular weight is 1180 g/mol. The maximum Gasteiger partial charge on any atom is 0.321 e. The Morgan fingerprint density at radius 1 is 0.558 bits per heavy atom. The van der Waals surface area contributed by atoms with Crippen LogP contribution in [0.4, 0.5) is 0 Å². The maximum absolute atomic E-state index is 15.1. The van der Waals surface area contributed by atoms with E-state index in [4.69, 9.17) is 28.9 Å². The van der Waals surface area contributed by atoms with Gasteiger partial charge in [-0.05, 0) is 120 Å². The number of carbonyl (C=O) groups is 8. The molecule has 22 heteroatoms. The summed E-state index contributed by atoms with van der Waals surface area (Å²) in [6.07, 6.45) is 9.73. The fraction of sp³-hybridized carbons (Fsp3) is 0.531. The van der Waals surface area contributed by atoms with Gasteiger partial charge in [0.15, 0.2) is 12.2 Å². The molecule has 10 bridgehead atoms. The minimum absolute atomic E-state index is 0.0692. The molecule has 4 aromatic rings. The highest BCUT2D eigenvalue weighted by atomic mass is 16.7. The van der Waals surface area contributed by atoms with Crippen molar-refractivity contribution < 1.29 is 57.3 Å². The van der Waals surface area contributed by atoms with Gasteiger partial charge in [-0.3, -0.25) is 58.3 Å².